The van der Waals surface area contributed by atoms with Gasteiger partial charge in [0.1, 0.15) is 5.75 Å². The van der Waals surface area contributed by atoms with Gasteiger partial charge < -0.3 is 19.5 Å². The Labute approximate surface area is 162 Å². The summed E-state index contributed by atoms with van der Waals surface area (Å²) in [6.45, 7) is 2.09. The second-order valence-electron chi connectivity index (χ2n) is 5.26. The number of para-hydroxylation sites is 1. The monoisotopic (exact) mass is 447 g/mol. The Morgan fingerprint density at radius 2 is 1.89 bits per heavy atom. The summed E-state index contributed by atoms with van der Waals surface area (Å²) in [6, 6.07) is 8.63. The highest BCUT2D eigenvalue weighted by Gasteiger charge is 2.32. The number of hydrogen-bond acceptors (Lipinski definition) is 4. The van der Waals surface area contributed by atoms with Crippen molar-refractivity contribution >= 4 is 21.8 Å². The molecule has 0 aliphatic heterocycles. The molecule has 0 spiro atoms. The Kier molecular flexibility index (Phi) is 6.95. The second kappa shape index (κ2) is 8.98. The molecule has 146 valence electrons. The third kappa shape index (κ3) is 5.78. The van der Waals surface area contributed by atoms with Crippen LogP contribution in [0.5, 0.6) is 17.2 Å². The lowest BCUT2D eigenvalue weighted by molar-refractivity contribution is -0.274. The number of methoxy groups -OCH3 is 1. The Morgan fingerprint density at radius 1 is 1.19 bits per heavy atom. The van der Waals surface area contributed by atoms with E-state index in [2.05, 4.69) is 26.0 Å². The molecular formula is C18H17BrF3NO4. The Morgan fingerprint density at radius 3 is 2.52 bits per heavy atom. The topological polar surface area (TPSA) is 56.8 Å². The SMILES string of the molecule is CCOc1c(Br)cc(C(=O)NCc2ccccc2OC(F)(F)F)cc1OC. The smallest absolute Gasteiger partial charge is 0.493 e. The summed E-state index contributed by atoms with van der Waals surface area (Å²) < 4.78 is 52.6. The third-order valence-corrected chi connectivity index (χ3v) is 4.01. The summed E-state index contributed by atoms with van der Waals surface area (Å²) in [5.74, 6) is -0.0349. The molecule has 0 saturated carbocycles. The predicted molar refractivity (Wildman–Crippen MR) is 96.2 cm³/mol. The van der Waals surface area contributed by atoms with E-state index in [1.807, 2.05) is 6.92 Å². The zero-order chi connectivity index (χ0) is 20.0. The van der Waals surface area contributed by atoms with Crippen molar-refractivity contribution in [2.24, 2.45) is 0 Å². The highest BCUT2D eigenvalue weighted by Crippen LogP contribution is 2.36. The lowest BCUT2D eigenvalue weighted by Gasteiger charge is -2.15. The molecule has 5 nitrogen and oxygen atoms in total. The Hall–Kier alpha value is -2.42. The maximum Gasteiger partial charge on any atom is 0.573 e. The van der Waals surface area contributed by atoms with E-state index < -0.39 is 12.3 Å². The molecule has 2 aromatic carbocycles. The molecular weight excluding hydrogens is 431 g/mol. The highest BCUT2D eigenvalue weighted by molar-refractivity contribution is 9.10. The molecule has 0 atom stereocenters. The van der Waals surface area contributed by atoms with Crippen molar-refractivity contribution in [3.63, 3.8) is 0 Å². The molecule has 0 aliphatic carbocycles. The fourth-order valence-corrected chi connectivity index (χ4v) is 2.84. The van der Waals surface area contributed by atoms with Crippen molar-refractivity contribution in [2.75, 3.05) is 13.7 Å². The van der Waals surface area contributed by atoms with Gasteiger partial charge in [-0.15, -0.1) is 13.2 Å². The van der Waals surface area contributed by atoms with Gasteiger partial charge >= 0.3 is 6.36 Å². The Balaban J connectivity index is 2.16. The van der Waals surface area contributed by atoms with Crippen LogP contribution in [0.4, 0.5) is 13.2 Å². The molecule has 2 rings (SSSR count). The normalized spacial score (nSPS) is 11.0. The molecule has 0 heterocycles. The number of carbonyl (C=O) groups excluding carboxylic acids is 1. The van der Waals surface area contributed by atoms with Crippen LogP contribution in [0, 0.1) is 0 Å². The molecule has 0 aliphatic rings. The standard InChI is InChI=1S/C18H17BrF3NO4/c1-3-26-16-13(19)8-12(9-15(16)25-2)17(24)23-10-11-6-4-5-7-14(11)27-18(20,21)22/h4-9H,3,10H2,1-2H3,(H,23,24). The quantitative estimate of drug-likeness (QED) is 0.668. The molecule has 0 fully saturated rings. The first-order valence-electron chi connectivity index (χ1n) is 7.87. The van der Waals surface area contributed by atoms with Crippen LogP contribution < -0.4 is 19.5 Å². The summed E-state index contributed by atoms with van der Waals surface area (Å²) in [5, 5.41) is 2.57. The van der Waals surface area contributed by atoms with E-state index in [4.69, 9.17) is 9.47 Å². The van der Waals surface area contributed by atoms with E-state index in [9.17, 15) is 18.0 Å². The van der Waals surface area contributed by atoms with Crippen LogP contribution in [-0.2, 0) is 6.54 Å². The zero-order valence-electron chi connectivity index (χ0n) is 14.5. The first-order valence-corrected chi connectivity index (χ1v) is 8.66. The van der Waals surface area contributed by atoms with E-state index >= 15 is 0 Å². The number of alkyl halides is 3. The van der Waals surface area contributed by atoms with Gasteiger partial charge in [-0.1, -0.05) is 18.2 Å². The van der Waals surface area contributed by atoms with Crippen molar-refractivity contribution in [3.05, 3.63) is 52.0 Å². The molecule has 0 saturated heterocycles. The maximum atomic E-state index is 12.5. The number of ether oxygens (including phenoxy) is 3. The van der Waals surface area contributed by atoms with Crippen molar-refractivity contribution in [1.82, 2.24) is 5.32 Å². The lowest BCUT2D eigenvalue weighted by atomic mass is 10.1. The predicted octanol–water partition coefficient (Wildman–Crippen LogP) is 4.69. The number of hydrogen-bond donors (Lipinski definition) is 1. The Bertz CT molecular complexity index is 812. The number of nitrogens with one attached hydrogen (secondary N) is 1. The average Bonchev–Trinajstić information content (AvgIpc) is 2.61. The van der Waals surface area contributed by atoms with Gasteiger partial charge in [-0.25, -0.2) is 0 Å². The van der Waals surface area contributed by atoms with Gasteiger partial charge in [-0.3, -0.25) is 4.79 Å². The molecule has 9 heteroatoms. The van der Waals surface area contributed by atoms with E-state index in [0.29, 0.717) is 22.6 Å². The van der Waals surface area contributed by atoms with Gasteiger partial charge in [0, 0.05) is 17.7 Å². The van der Waals surface area contributed by atoms with E-state index in [0.717, 1.165) is 0 Å². The number of carbonyl (C=O) groups is 1. The largest absolute Gasteiger partial charge is 0.573 e. The molecule has 0 radical (unpaired) electrons. The summed E-state index contributed by atoms with van der Waals surface area (Å²) in [5.41, 5.74) is 0.455. The number of amides is 1. The van der Waals surface area contributed by atoms with Crippen LogP contribution in [0.3, 0.4) is 0 Å². The van der Waals surface area contributed by atoms with Crippen LogP contribution in [0.25, 0.3) is 0 Å². The number of benzene rings is 2. The summed E-state index contributed by atoms with van der Waals surface area (Å²) in [7, 11) is 1.44. The van der Waals surface area contributed by atoms with Crippen molar-refractivity contribution < 1.29 is 32.2 Å². The maximum absolute atomic E-state index is 12.5. The van der Waals surface area contributed by atoms with Gasteiger partial charge in [0.2, 0.25) is 0 Å². The minimum Gasteiger partial charge on any atom is -0.493 e. The van der Waals surface area contributed by atoms with E-state index in [1.54, 1.807) is 12.1 Å². The molecule has 0 bridgehead atoms. The van der Waals surface area contributed by atoms with Crippen LogP contribution in [0.15, 0.2) is 40.9 Å². The van der Waals surface area contributed by atoms with Crippen molar-refractivity contribution in [2.45, 2.75) is 19.8 Å². The number of halogens is 4. The fraction of sp³-hybridized carbons (Fsp3) is 0.278. The molecule has 1 amide bonds. The molecule has 27 heavy (non-hydrogen) atoms. The number of rotatable bonds is 7. The van der Waals surface area contributed by atoms with Crippen LogP contribution in [-0.4, -0.2) is 26.0 Å². The summed E-state index contributed by atoms with van der Waals surface area (Å²) in [4.78, 5) is 12.4. The van der Waals surface area contributed by atoms with Crippen molar-refractivity contribution in [1.29, 1.82) is 0 Å². The van der Waals surface area contributed by atoms with Crippen LogP contribution in [0.1, 0.15) is 22.8 Å². The summed E-state index contributed by atoms with van der Waals surface area (Å²) >= 11 is 3.32. The van der Waals surface area contributed by atoms with Gasteiger partial charge in [-0.05, 0) is 41.1 Å². The average molecular weight is 448 g/mol. The first-order chi connectivity index (χ1) is 12.7. The van der Waals surface area contributed by atoms with Gasteiger partial charge in [0.05, 0.1) is 18.2 Å². The van der Waals surface area contributed by atoms with Gasteiger partial charge in [0.25, 0.3) is 5.91 Å². The van der Waals surface area contributed by atoms with Gasteiger partial charge in [-0.2, -0.15) is 0 Å². The van der Waals surface area contributed by atoms with Crippen molar-refractivity contribution in [3.8, 4) is 17.2 Å². The van der Waals surface area contributed by atoms with Gasteiger partial charge in [0.15, 0.2) is 11.5 Å². The zero-order valence-corrected chi connectivity index (χ0v) is 16.1. The van der Waals surface area contributed by atoms with E-state index in [1.165, 1.54) is 31.4 Å². The molecule has 2 aromatic rings. The third-order valence-electron chi connectivity index (χ3n) is 3.42. The lowest BCUT2D eigenvalue weighted by Crippen LogP contribution is -2.24. The second-order valence-corrected chi connectivity index (χ2v) is 6.12. The highest BCUT2D eigenvalue weighted by atomic mass is 79.9. The molecule has 0 aromatic heterocycles. The van der Waals surface area contributed by atoms with E-state index in [-0.39, 0.29) is 23.4 Å². The molecule has 0 unspecified atom stereocenters. The first kappa shape index (κ1) is 20.9. The minimum absolute atomic E-state index is 0.141. The summed E-state index contributed by atoms with van der Waals surface area (Å²) in [6.07, 6.45) is -4.81. The fourth-order valence-electron chi connectivity index (χ4n) is 2.29. The minimum atomic E-state index is -4.81. The molecule has 1 N–H and O–H groups in total. The van der Waals surface area contributed by atoms with Crippen LogP contribution >= 0.6 is 15.9 Å². The van der Waals surface area contributed by atoms with Crippen LogP contribution in [0.2, 0.25) is 0 Å².